The van der Waals surface area contributed by atoms with Gasteiger partial charge in [0.15, 0.2) is 11.5 Å². The van der Waals surface area contributed by atoms with Crippen LogP contribution in [0.4, 0.5) is 5.13 Å². The molecule has 4 aromatic rings. The number of anilines is 1. The first-order chi connectivity index (χ1) is 17.0. The van der Waals surface area contributed by atoms with Crippen LogP contribution >= 0.6 is 11.3 Å². The Bertz CT molecular complexity index is 1510. The lowest BCUT2D eigenvalue weighted by molar-refractivity contribution is 0.0962. The molecular weight excluding hydrogens is 488 g/mol. The van der Waals surface area contributed by atoms with Crippen LogP contribution < -0.4 is 20.3 Å². The fourth-order valence-electron chi connectivity index (χ4n) is 4.16. The van der Waals surface area contributed by atoms with E-state index in [0.29, 0.717) is 41.7 Å². The average molecular weight is 509 g/mol. The van der Waals surface area contributed by atoms with Crippen LogP contribution in [0.15, 0.2) is 65.6 Å². The van der Waals surface area contributed by atoms with E-state index in [2.05, 4.69) is 15.8 Å². The third-order valence-electron chi connectivity index (χ3n) is 6.02. The van der Waals surface area contributed by atoms with Gasteiger partial charge in [-0.15, -0.1) is 0 Å². The molecule has 2 aliphatic rings. The summed E-state index contributed by atoms with van der Waals surface area (Å²) in [6.07, 6.45) is 0.677. The van der Waals surface area contributed by atoms with Crippen molar-refractivity contribution >= 4 is 42.6 Å². The molecule has 1 aromatic heterocycles. The molecule has 2 aliphatic heterocycles. The van der Waals surface area contributed by atoms with E-state index in [1.54, 1.807) is 6.07 Å². The van der Waals surface area contributed by atoms with E-state index in [1.165, 1.54) is 45.5 Å². The van der Waals surface area contributed by atoms with Gasteiger partial charge in [0.05, 0.1) is 15.1 Å². The highest BCUT2D eigenvalue weighted by Crippen LogP contribution is 2.38. The zero-order valence-electron chi connectivity index (χ0n) is 18.4. The minimum atomic E-state index is -3.66. The Kier molecular flexibility index (Phi) is 5.32. The van der Waals surface area contributed by atoms with Crippen molar-refractivity contribution < 1.29 is 22.7 Å². The number of hydrogen-bond donors (Lipinski definition) is 2. The van der Waals surface area contributed by atoms with Gasteiger partial charge in [-0.2, -0.15) is 4.31 Å². The number of benzene rings is 3. The highest BCUT2D eigenvalue weighted by Gasteiger charge is 2.28. The summed E-state index contributed by atoms with van der Waals surface area (Å²) in [5.41, 5.74) is 8.66. The fourth-order valence-corrected chi connectivity index (χ4v) is 6.40. The third kappa shape index (κ3) is 4.07. The van der Waals surface area contributed by atoms with Crippen molar-refractivity contribution in [3.63, 3.8) is 0 Å². The predicted molar refractivity (Wildman–Crippen MR) is 131 cm³/mol. The van der Waals surface area contributed by atoms with Crippen LogP contribution in [0, 0.1) is 0 Å². The first-order valence-corrected chi connectivity index (χ1v) is 13.2. The van der Waals surface area contributed by atoms with Crippen molar-refractivity contribution in [3.8, 4) is 11.5 Å². The van der Waals surface area contributed by atoms with Crippen LogP contribution in [0.1, 0.15) is 21.5 Å². The lowest BCUT2D eigenvalue weighted by Gasteiger charge is -2.28. The number of ether oxygens (including phenoxy) is 2. The van der Waals surface area contributed by atoms with E-state index >= 15 is 0 Å². The molecule has 0 spiro atoms. The number of amides is 1. The monoisotopic (exact) mass is 508 g/mol. The van der Waals surface area contributed by atoms with E-state index in [4.69, 9.17) is 9.47 Å². The number of carbonyl (C=O) groups excluding carboxylic acids is 1. The van der Waals surface area contributed by atoms with Crippen molar-refractivity contribution in [2.45, 2.75) is 17.9 Å². The summed E-state index contributed by atoms with van der Waals surface area (Å²) in [4.78, 5) is 17.2. The van der Waals surface area contributed by atoms with Gasteiger partial charge < -0.3 is 9.47 Å². The highest BCUT2D eigenvalue weighted by molar-refractivity contribution is 7.89. The smallest absolute Gasteiger partial charge is 0.269 e. The van der Waals surface area contributed by atoms with Gasteiger partial charge >= 0.3 is 0 Å². The molecule has 11 heteroatoms. The Balaban J connectivity index is 1.12. The van der Waals surface area contributed by atoms with E-state index < -0.39 is 15.9 Å². The highest BCUT2D eigenvalue weighted by atomic mass is 32.2. The molecule has 0 radical (unpaired) electrons. The van der Waals surface area contributed by atoms with Crippen molar-refractivity contribution in [2.24, 2.45) is 0 Å². The number of aromatic nitrogens is 1. The Morgan fingerprint density at radius 1 is 1.00 bits per heavy atom. The maximum absolute atomic E-state index is 13.1. The van der Waals surface area contributed by atoms with Crippen LogP contribution in [-0.4, -0.2) is 37.0 Å². The molecule has 0 unspecified atom stereocenters. The maximum atomic E-state index is 13.1. The predicted octanol–water partition coefficient (Wildman–Crippen LogP) is 3.53. The van der Waals surface area contributed by atoms with Crippen LogP contribution in [0.25, 0.3) is 10.2 Å². The lowest BCUT2D eigenvalue weighted by Crippen LogP contribution is -2.36. The second-order valence-corrected chi connectivity index (χ2v) is 11.1. The number of sulfonamides is 1. The molecule has 2 N–H and O–H groups in total. The van der Waals surface area contributed by atoms with Gasteiger partial charge in [-0.3, -0.25) is 15.6 Å². The first-order valence-electron chi connectivity index (χ1n) is 10.9. The van der Waals surface area contributed by atoms with Crippen LogP contribution in [0.5, 0.6) is 11.5 Å². The summed E-state index contributed by atoms with van der Waals surface area (Å²) in [5.74, 6) is 0.900. The van der Waals surface area contributed by atoms with Crippen LogP contribution in [0.3, 0.4) is 0 Å². The Morgan fingerprint density at radius 3 is 2.54 bits per heavy atom. The van der Waals surface area contributed by atoms with Gasteiger partial charge in [0.2, 0.25) is 21.9 Å². The zero-order valence-corrected chi connectivity index (χ0v) is 20.0. The topological polar surface area (TPSA) is 110 Å². The summed E-state index contributed by atoms with van der Waals surface area (Å²) in [7, 11) is -3.66. The van der Waals surface area contributed by atoms with Crippen molar-refractivity contribution in [3.05, 3.63) is 77.4 Å². The fraction of sp³-hybridized carbons (Fsp3) is 0.167. The number of hydrazine groups is 1. The van der Waals surface area contributed by atoms with Crippen molar-refractivity contribution in [1.82, 2.24) is 14.7 Å². The molecule has 0 saturated heterocycles. The summed E-state index contributed by atoms with van der Waals surface area (Å²) in [6.45, 7) is 0.961. The summed E-state index contributed by atoms with van der Waals surface area (Å²) in [5, 5.41) is 0.501. The van der Waals surface area contributed by atoms with Crippen molar-refractivity contribution in [1.29, 1.82) is 0 Å². The number of rotatable bonds is 5. The minimum Gasteiger partial charge on any atom is -0.454 e. The molecule has 0 aliphatic carbocycles. The molecule has 1 amide bonds. The molecule has 178 valence electrons. The standard InChI is InChI=1S/C24H20N4O5S2/c29-23(26-27-24-25-19-11-20-21(33-14-32-20)12-22(19)34-24)16-5-7-18(8-6-16)35(30,31)28-10-9-15-3-1-2-4-17(15)13-28/h1-8,11-12H,9-10,13-14H2,(H,25,27)(H,26,29). The molecule has 0 saturated carbocycles. The molecule has 9 nitrogen and oxygen atoms in total. The van der Waals surface area contributed by atoms with Gasteiger partial charge in [-0.25, -0.2) is 13.4 Å². The van der Waals surface area contributed by atoms with E-state index in [-0.39, 0.29) is 11.7 Å². The molecular formula is C24H20N4O5S2. The minimum absolute atomic E-state index is 0.157. The quantitative estimate of drug-likeness (QED) is 0.397. The molecule has 0 fully saturated rings. The Labute approximate surface area is 205 Å². The second-order valence-electron chi connectivity index (χ2n) is 8.15. The number of thiazole rings is 1. The van der Waals surface area contributed by atoms with Crippen LogP contribution in [-0.2, 0) is 23.0 Å². The number of hydrogen-bond acceptors (Lipinski definition) is 8. The third-order valence-corrected chi connectivity index (χ3v) is 8.81. The number of fused-ring (bicyclic) bond motifs is 3. The van der Waals surface area contributed by atoms with Crippen molar-refractivity contribution in [2.75, 3.05) is 18.8 Å². The van der Waals surface area contributed by atoms with Gasteiger partial charge in [0, 0.05) is 30.8 Å². The normalized spacial score (nSPS) is 15.1. The Hall–Kier alpha value is -3.67. The lowest BCUT2D eigenvalue weighted by atomic mass is 10.0. The van der Waals surface area contributed by atoms with E-state index in [1.807, 2.05) is 30.3 Å². The Morgan fingerprint density at radius 2 is 1.74 bits per heavy atom. The molecule has 3 heterocycles. The first kappa shape index (κ1) is 21.8. The SMILES string of the molecule is O=C(NNc1nc2cc3c(cc2s1)OCO3)c1ccc(S(=O)(=O)N2CCc3ccccc3C2)cc1. The molecule has 0 atom stereocenters. The molecule has 6 rings (SSSR count). The van der Waals surface area contributed by atoms with E-state index in [0.717, 1.165) is 15.8 Å². The van der Waals surface area contributed by atoms with Gasteiger partial charge in [-0.1, -0.05) is 35.6 Å². The van der Waals surface area contributed by atoms with Gasteiger partial charge in [-0.05, 0) is 41.8 Å². The van der Waals surface area contributed by atoms with Gasteiger partial charge in [0.25, 0.3) is 5.91 Å². The largest absolute Gasteiger partial charge is 0.454 e. The second kappa shape index (κ2) is 8.52. The van der Waals surface area contributed by atoms with Gasteiger partial charge in [0.1, 0.15) is 0 Å². The number of nitrogens with one attached hydrogen (secondary N) is 2. The summed E-state index contributed by atoms with van der Waals surface area (Å²) < 4.78 is 39.4. The number of nitrogens with zero attached hydrogens (tertiary/aromatic N) is 2. The summed E-state index contributed by atoms with van der Waals surface area (Å²) in [6, 6.07) is 17.4. The summed E-state index contributed by atoms with van der Waals surface area (Å²) >= 11 is 1.36. The van der Waals surface area contributed by atoms with Crippen LogP contribution in [0.2, 0.25) is 0 Å². The zero-order chi connectivity index (χ0) is 24.0. The maximum Gasteiger partial charge on any atom is 0.269 e. The van der Waals surface area contributed by atoms with E-state index in [9.17, 15) is 13.2 Å². The number of carbonyl (C=O) groups is 1. The average Bonchev–Trinajstić information content (AvgIpc) is 3.51. The molecule has 0 bridgehead atoms. The molecule has 3 aromatic carbocycles. The molecule has 35 heavy (non-hydrogen) atoms.